The van der Waals surface area contributed by atoms with Crippen molar-refractivity contribution in [2.24, 2.45) is 0 Å². The molecule has 0 spiro atoms. The number of hydrogen-bond acceptors (Lipinski definition) is 2. The number of ether oxygens (including phenoxy) is 1. The van der Waals surface area contributed by atoms with Gasteiger partial charge in [0, 0.05) is 5.56 Å². The van der Waals surface area contributed by atoms with Gasteiger partial charge in [-0.1, -0.05) is 35.9 Å². The lowest BCUT2D eigenvalue weighted by Crippen LogP contribution is -2.01. The Hall–Kier alpha value is -1.58. The lowest BCUT2D eigenvalue weighted by Gasteiger charge is -2.14. The van der Waals surface area contributed by atoms with Crippen molar-refractivity contribution in [2.75, 3.05) is 0 Å². The van der Waals surface area contributed by atoms with Gasteiger partial charge in [0.2, 0.25) is 0 Å². The Morgan fingerprint density at radius 3 is 2.45 bits per heavy atom. The van der Waals surface area contributed by atoms with Gasteiger partial charge in [-0.15, -0.1) is 0 Å². The first kappa shape index (κ1) is 14.8. The number of hydrogen-bond donors (Lipinski definition) is 1. The molecule has 0 aromatic heterocycles. The Morgan fingerprint density at radius 1 is 1.20 bits per heavy atom. The fourth-order valence-corrected chi connectivity index (χ4v) is 2.35. The van der Waals surface area contributed by atoms with E-state index in [0.717, 1.165) is 22.4 Å². The summed E-state index contributed by atoms with van der Waals surface area (Å²) in [5, 5.41) is 9.24. The lowest BCUT2D eigenvalue weighted by atomic mass is 10.1. The van der Waals surface area contributed by atoms with Crippen molar-refractivity contribution in [3.05, 3.63) is 63.4 Å². The normalized spacial score (nSPS) is 10.7. The highest BCUT2D eigenvalue weighted by Crippen LogP contribution is 2.27. The highest BCUT2D eigenvalue weighted by molar-refractivity contribution is 6.31. The molecule has 1 N–H and O–H groups in total. The second kappa shape index (κ2) is 6.25. The molecule has 20 heavy (non-hydrogen) atoms. The topological polar surface area (TPSA) is 29.5 Å². The Kier molecular flexibility index (Phi) is 4.63. The predicted molar refractivity (Wildman–Crippen MR) is 77.6 cm³/mol. The van der Waals surface area contributed by atoms with Gasteiger partial charge in [0.15, 0.2) is 0 Å². The maximum absolute atomic E-state index is 13.3. The zero-order valence-corrected chi connectivity index (χ0v) is 12.2. The molecule has 0 radical (unpaired) electrons. The predicted octanol–water partition coefficient (Wildman–Crippen LogP) is 4.17. The Bertz CT molecular complexity index is 603. The van der Waals surface area contributed by atoms with E-state index in [9.17, 15) is 4.39 Å². The monoisotopic (exact) mass is 294 g/mol. The van der Waals surface area contributed by atoms with Gasteiger partial charge in [-0.05, 0) is 36.6 Å². The van der Waals surface area contributed by atoms with Crippen molar-refractivity contribution in [1.29, 1.82) is 0 Å². The minimum Gasteiger partial charge on any atom is -0.488 e. The van der Waals surface area contributed by atoms with Gasteiger partial charge >= 0.3 is 0 Å². The van der Waals surface area contributed by atoms with Crippen molar-refractivity contribution in [1.82, 2.24) is 0 Å². The van der Waals surface area contributed by atoms with Crippen LogP contribution in [0.15, 0.2) is 30.3 Å². The van der Waals surface area contributed by atoms with Crippen LogP contribution in [0.5, 0.6) is 5.75 Å². The highest BCUT2D eigenvalue weighted by Gasteiger charge is 2.10. The molecular weight excluding hydrogens is 279 g/mol. The van der Waals surface area contributed by atoms with Crippen LogP contribution in [0, 0.1) is 19.7 Å². The minimum atomic E-state index is -0.447. The van der Waals surface area contributed by atoms with E-state index in [1.54, 1.807) is 12.1 Å². The number of rotatable bonds is 4. The number of benzene rings is 2. The smallest absolute Gasteiger partial charge is 0.142 e. The van der Waals surface area contributed by atoms with Crippen LogP contribution in [-0.4, -0.2) is 5.11 Å². The summed E-state index contributed by atoms with van der Waals surface area (Å²) >= 11 is 5.90. The molecule has 0 bridgehead atoms. The summed E-state index contributed by atoms with van der Waals surface area (Å²) in [6, 6.07) is 8.40. The number of aliphatic hydroxyl groups is 1. The summed E-state index contributed by atoms with van der Waals surface area (Å²) in [5.41, 5.74) is 3.32. The van der Waals surface area contributed by atoms with Crippen molar-refractivity contribution in [3.63, 3.8) is 0 Å². The number of aliphatic hydroxyl groups excluding tert-OH is 1. The molecule has 0 saturated heterocycles. The fourth-order valence-electron chi connectivity index (χ4n) is 2.17. The maximum atomic E-state index is 13.3. The second-order valence-electron chi connectivity index (χ2n) is 4.72. The van der Waals surface area contributed by atoms with Crippen molar-refractivity contribution in [2.45, 2.75) is 27.1 Å². The van der Waals surface area contributed by atoms with Crippen LogP contribution in [-0.2, 0) is 13.2 Å². The van der Waals surface area contributed by atoms with Gasteiger partial charge in [-0.2, -0.15) is 0 Å². The van der Waals surface area contributed by atoms with Crippen LogP contribution >= 0.6 is 11.6 Å². The van der Waals surface area contributed by atoms with E-state index in [1.165, 1.54) is 6.07 Å². The average molecular weight is 295 g/mol. The quantitative estimate of drug-likeness (QED) is 0.917. The van der Waals surface area contributed by atoms with Gasteiger partial charge in [0.25, 0.3) is 0 Å². The molecule has 0 fully saturated rings. The summed E-state index contributed by atoms with van der Waals surface area (Å²) < 4.78 is 19.1. The van der Waals surface area contributed by atoms with Gasteiger partial charge in [0.1, 0.15) is 18.2 Å². The van der Waals surface area contributed by atoms with Crippen LogP contribution < -0.4 is 4.74 Å². The van der Waals surface area contributed by atoms with Gasteiger partial charge < -0.3 is 9.84 Å². The average Bonchev–Trinajstić information content (AvgIpc) is 2.42. The van der Waals surface area contributed by atoms with Crippen molar-refractivity contribution >= 4 is 11.6 Å². The molecule has 0 aliphatic carbocycles. The second-order valence-corrected chi connectivity index (χ2v) is 5.10. The summed E-state index contributed by atoms with van der Waals surface area (Å²) in [6.07, 6.45) is 0. The Labute approximate surface area is 122 Å². The molecule has 2 aromatic carbocycles. The van der Waals surface area contributed by atoms with Gasteiger partial charge in [-0.3, -0.25) is 0 Å². The van der Waals surface area contributed by atoms with E-state index in [-0.39, 0.29) is 18.2 Å². The third-order valence-electron chi connectivity index (χ3n) is 3.11. The third-order valence-corrected chi connectivity index (χ3v) is 3.53. The molecule has 0 aliphatic rings. The molecular formula is C16H16ClFO2. The molecule has 2 aromatic rings. The largest absolute Gasteiger partial charge is 0.488 e. The Morgan fingerprint density at radius 2 is 1.85 bits per heavy atom. The van der Waals surface area contributed by atoms with E-state index in [4.69, 9.17) is 21.4 Å². The van der Waals surface area contributed by atoms with Crippen LogP contribution in [0.3, 0.4) is 0 Å². The summed E-state index contributed by atoms with van der Waals surface area (Å²) in [5.74, 6) is 0.291. The molecule has 0 atom stereocenters. The zero-order valence-electron chi connectivity index (χ0n) is 11.4. The fraction of sp³-hybridized carbons (Fsp3) is 0.250. The summed E-state index contributed by atoms with van der Waals surface area (Å²) in [6.45, 7) is 4.03. The lowest BCUT2D eigenvalue weighted by molar-refractivity contribution is 0.280. The maximum Gasteiger partial charge on any atom is 0.142 e. The number of aryl methyl sites for hydroxylation is 2. The third kappa shape index (κ3) is 3.11. The van der Waals surface area contributed by atoms with E-state index < -0.39 is 5.82 Å². The highest BCUT2D eigenvalue weighted by atomic mass is 35.5. The summed E-state index contributed by atoms with van der Waals surface area (Å²) in [4.78, 5) is 0. The molecule has 0 saturated carbocycles. The molecule has 0 unspecified atom stereocenters. The Balaban J connectivity index is 2.21. The van der Waals surface area contributed by atoms with E-state index in [0.29, 0.717) is 5.56 Å². The minimum absolute atomic E-state index is 0.00230. The van der Waals surface area contributed by atoms with E-state index in [1.807, 2.05) is 26.0 Å². The SMILES string of the molecule is Cc1cc(CO)cc(C)c1OCc1cccc(F)c1Cl. The van der Waals surface area contributed by atoms with Crippen LogP contribution in [0.4, 0.5) is 4.39 Å². The molecule has 2 rings (SSSR count). The number of halogens is 2. The van der Waals surface area contributed by atoms with Crippen LogP contribution in [0.2, 0.25) is 5.02 Å². The van der Waals surface area contributed by atoms with Gasteiger partial charge in [-0.25, -0.2) is 4.39 Å². The van der Waals surface area contributed by atoms with E-state index >= 15 is 0 Å². The van der Waals surface area contributed by atoms with Gasteiger partial charge in [0.05, 0.1) is 11.6 Å². The first-order valence-corrected chi connectivity index (χ1v) is 6.67. The molecule has 106 valence electrons. The molecule has 0 heterocycles. The summed E-state index contributed by atoms with van der Waals surface area (Å²) in [7, 11) is 0. The van der Waals surface area contributed by atoms with Crippen molar-refractivity contribution < 1.29 is 14.2 Å². The first-order valence-electron chi connectivity index (χ1n) is 6.29. The van der Waals surface area contributed by atoms with Crippen LogP contribution in [0.1, 0.15) is 22.3 Å². The molecule has 4 heteroatoms. The molecule has 0 aliphatic heterocycles. The van der Waals surface area contributed by atoms with Crippen molar-refractivity contribution in [3.8, 4) is 5.75 Å². The standard InChI is InChI=1S/C16H16ClFO2/c1-10-6-12(8-19)7-11(2)16(10)20-9-13-4-3-5-14(18)15(13)17/h3-7,19H,8-9H2,1-2H3. The molecule has 2 nitrogen and oxygen atoms in total. The van der Waals surface area contributed by atoms with E-state index in [2.05, 4.69) is 0 Å². The zero-order chi connectivity index (χ0) is 14.7. The molecule has 0 amide bonds. The first-order chi connectivity index (χ1) is 9.52. The van der Waals surface area contributed by atoms with Crippen LogP contribution in [0.25, 0.3) is 0 Å².